The van der Waals surface area contributed by atoms with Gasteiger partial charge in [0.1, 0.15) is 5.82 Å². The van der Waals surface area contributed by atoms with Crippen molar-refractivity contribution in [2.45, 2.75) is 19.3 Å². The lowest BCUT2D eigenvalue weighted by molar-refractivity contribution is 0.334. The molecule has 1 fully saturated rings. The predicted molar refractivity (Wildman–Crippen MR) is 80.9 cm³/mol. The molecule has 0 aliphatic carbocycles. The molecule has 0 saturated carbocycles. The molecule has 0 radical (unpaired) electrons. The first-order valence-corrected chi connectivity index (χ1v) is 7.18. The van der Waals surface area contributed by atoms with E-state index in [1.54, 1.807) is 18.2 Å². The zero-order valence-corrected chi connectivity index (χ0v) is 11.8. The molecule has 0 aromatic heterocycles. The number of halogens is 1. The normalized spacial score (nSPS) is 15.4. The van der Waals surface area contributed by atoms with Crippen molar-refractivity contribution in [2.75, 3.05) is 31.5 Å². The number of nitrogens with zero attached hydrogens (tertiary/aromatic N) is 1. The Morgan fingerprint density at radius 2 is 2.00 bits per heavy atom. The molecule has 0 amide bonds. The van der Waals surface area contributed by atoms with Gasteiger partial charge in [0, 0.05) is 6.54 Å². The summed E-state index contributed by atoms with van der Waals surface area (Å²) in [5.74, 6) is -0.288. The Morgan fingerprint density at radius 1 is 1.26 bits per heavy atom. The molecule has 1 heterocycles. The van der Waals surface area contributed by atoms with Crippen molar-refractivity contribution >= 4 is 23.0 Å². The summed E-state index contributed by atoms with van der Waals surface area (Å²) in [4.78, 5) is 2.47. The predicted octanol–water partition coefficient (Wildman–Crippen LogP) is 2.60. The lowest BCUT2D eigenvalue weighted by Crippen LogP contribution is -2.31. The van der Waals surface area contributed by atoms with E-state index in [2.05, 4.69) is 15.5 Å². The van der Waals surface area contributed by atoms with Crippen LogP contribution in [0.2, 0.25) is 0 Å². The van der Waals surface area contributed by atoms with Gasteiger partial charge in [-0.3, -0.25) is 0 Å². The highest BCUT2D eigenvalue weighted by Gasteiger charge is 2.10. The molecule has 1 saturated heterocycles. The second-order valence-corrected chi connectivity index (χ2v) is 5.17. The summed E-state index contributed by atoms with van der Waals surface area (Å²) in [6.07, 6.45) is 3.69. The lowest BCUT2D eigenvalue weighted by Gasteiger charge is -2.15. The first-order chi connectivity index (χ1) is 9.25. The van der Waals surface area contributed by atoms with Gasteiger partial charge in [0.2, 0.25) is 0 Å². The van der Waals surface area contributed by atoms with E-state index < -0.39 is 0 Å². The monoisotopic (exact) mass is 281 g/mol. The molecule has 1 aromatic carbocycles. The summed E-state index contributed by atoms with van der Waals surface area (Å²) < 4.78 is 13.4. The van der Waals surface area contributed by atoms with Crippen LogP contribution in [0.25, 0.3) is 0 Å². The number of hydrogen-bond acceptors (Lipinski definition) is 2. The van der Waals surface area contributed by atoms with Crippen molar-refractivity contribution in [2.24, 2.45) is 0 Å². The van der Waals surface area contributed by atoms with Gasteiger partial charge in [0.25, 0.3) is 0 Å². The Labute approximate surface area is 119 Å². The zero-order chi connectivity index (χ0) is 13.5. The molecule has 0 atom stereocenters. The molecule has 1 aromatic rings. The summed E-state index contributed by atoms with van der Waals surface area (Å²) in [5.41, 5.74) is 0.416. The van der Waals surface area contributed by atoms with Gasteiger partial charge in [-0.15, -0.1) is 0 Å². The number of hydrogen-bond donors (Lipinski definition) is 2. The fraction of sp³-hybridized carbons (Fsp3) is 0.500. The molecule has 1 aliphatic heterocycles. The second-order valence-electron chi connectivity index (χ2n) is 4.76. The molecule has 1 aliphatic rings. The van der Waals surface area contributed by atoms with Crippen LogP contribution in [0.4, 0.5) is 10.1 Å². The molecule has 2 rings (SSSR count). The van der Waals surface area contributed by atoms with Crippen LogP contribution in [-0.4, -0.2) is 36.2 Å². The fourth-order valence-electron chi connectivity index (χ4n) is 2.24. The van der Waals surface area contributed by atoms with E-state index in [0.29, 0.717) is 10.8 Å². The summed E-state index contributed by atoms with van der Waals surface area (Å²) >= 11 is 5.14. The van der Waals surface area contributed by atoms with Gasteiger partial charge in [-0.05, 0) is 63.2 Å². The number of para-hydroxylation sites is 1. The molecule has 0 unspecified atom stereocenters. The molecule has 3 nitrogen and oxygen atoms in total. The first-order valence-electron chi connectivity index (χ1n) is 6.77. The molecular weight excluding hydrogens is 261 g/mol. The van der Waals surface area contributed by atoms with E-state index in [9.17, 15) is 4.39 Å². The topological polar surface area (TPSA) is 27.3 Å². The van der Waals surface area contributed by atoms with Gasteiger partial charge < -0.3 is 15.5 Å². The minimum atomic E-state index is -0.288. The average Bonchev–Trinajstić information content (AvgIpc) is 2.91. The maximum absolute atomic E-state index is 13.4. The average molecular weight is 281 g/mol. The Morgan fingerprint density at radius 3 is 2.74 bits per heavy atom. The van der Waals surface area contributed by atoms with E-state index in [0.717, 1.165) is 19.5 Å². The third-order valence-electron chi connectivity index (χ3n) is 3.26. The lowest BCUT2D eigenvalue weighted by atomic mass is 10.3. The van der Waals surface area contributed by atoms with E-state index in [1.165, 1.54) is 32.0 Å². The van der Waals surface area contributed by atoms with Crippen molar-refractivity contribution in [1.82, 2.24) is 10.2 Å². The zero-order valence-electron chi connectivity index (χ0n) is 11.0. The smallest absolute Gasteiger partial charge is 0.170 e. The van der Waals surface area contributed by atoms with Crippen LogP contribution < -0.4 is 10.6 Å². The molecule has 0 spiro atoms. The summed E-state index contributed by atoms with van der Waals surface area (Å²) in [6, 6.07) is 6.53. The van der Waals surface area contributed by atoms with Gasteiger partial charge in [0.05, 0.1) is 5.69 Å². The summed E-state index contributed by atoms with van der Waals surface area (Å²) in [6.45, 7) is 4.36. The molecule has 5 heteroatoms. The maximum Gasteiger partial charge on any atom is 0.170 e. The first kappa shape index (κ1) is 14.2. The van der Waals surface area contributed by atoms with Crippen LogP contribution >= 0.6 is 12.2 Å². The molecular formula is C14H20FN3S. The fourth-order valence-corrected chi connectivity index (χ4v) is 2.45. The quantitative estimate of drug-likeness (QED) is 0.641. The second kappa shape index (κ2) is 7.40. The maximum atomic E-state index is 13.4. The van der Waals surface area contributed by atoms with E-state index in [4.69, 9.17) is 12.2 Å². The van der Waals surface area contributed by atoms with Gasteiger partial charge >= 0.3 is 0 Å². The van der Waals surface area contributed by atoms with Crippen LogP contribution in [0.1, 0.15) is 19.3 Å². The Bertz CT molecular complexity index is 419. The number of likely N-dealkylation sites (tertiary alicyclic amines) is 1. The van der Waals surface area contributed by atoms with E-state index in [-0.39, 0.29) is 5.82 Å². The number of anilines is 1. The molecule has 0 bridgehead atoms. The van der Waals surface area contributed by atoms with Crippen molar-refractivity contribution < 1.29 is 4.39 Å². The van der Waals surface area contributed by atoms with Crippen molar-refractivity contribution in [1.29, 1.82) is 0 Å². The summed E-state index contributed by atoms with van der Waals surface area (Å²) in [5, 5.41) is 6.46. The third-order valence-corrected chi connectivity index (χ3v) is 3.50. The number of benzene rings is 1. The van der Waals surface area contributed by atoms with Gasteiger partial charge in [-0.25, -0.2) is 4.39 Å². The Hall–Kier alpha value is -1.20. The van der Waals surface area contributed by atoms with Gasteiger partial charge in [-0.1, -0.05) is 12.1 Å². The number of nitrogens with one attached hydrogen (secondary N) is 2. The highest BCUT2D eigenvalue weighted by atomic mass is 32.1. The van der Waals surface area contributed by atoms with Crippen LogP contribution in [-0.2, 0) is 0 Å². The third kappa shape index (κ3) is 4.76. The number of rotatable bonds is 5. The standard InChI is InChI=1S/C14H20FN3S/c15-12-6-1-2-7-13(12)17-14(19)16-8-5-11-18-9-3-4-10-18/h1-2,6-7H,3-5,8-11H2,(H2,16,17,19). The molecule has 104 valence electrons. The van der Waals surface area contributed by atoms with Crippen molar-refractivity contribution in [3.05, 3.63) is 30.1 Å². The largest absolute Gasteiger partial charge is 0.362 e. The van der Waals surface area contributed by atoms with Crippen LogP contribution in [0.15, 0.2) is 24.3 Å². The highest BCUT2D eigenvalue weighted by molar-refractivity contribution is 7.80. The molecule has 2 N–H and O–H groups in total. The minimum absolute atomic E-state index is 0.288. The Balaban J connectivity index is 1.63. The number of thiocarbonyl (C=S) groups is 1. The SMILES string of the molecule is Fc1ccccc1NC(=S)NCCCN1CCCC1. The Kier molecular flexibility index (Phi) is 5.54. The van der Waals surface area contributed by atoms with Crippen molar-refractivity contribution in [3.8, 4) is 0 Å². The van der Waals surface area contributed by atoms with Crippen LogP contribution in [0.3, 0.4) is 0 Å². The van der Waals surface area contributed by atoms with Crippen LogP contribution in [0, 0.1) is 5.82 Å². The minimum Gasteiger partial charge on any atom is -0.362 e. The van der Waals surface area contributed by atoms with Crippen LogP contribution in [0.5, 0.6) is 0 Å². The summed E-state index contributed by atoms with van der Waals surface area (Å²) in [7, 11) is 0. The highest BCUT2D eigenvalue weighted by Crippen LogP contribution is 2.12. The van der Waals surface area contributed by atoms with E-state index >= 15 is 0 Å². The van der Waals surface area contributed by atoms with E-state index in [1.807, 2.05) is 0 Å². The van der Waals surface area contributed by atoms with Crippen molar-refractivity contribution in [3.63, 3.8) is 0 Å². The van der Waals surface area contributed by atoms with Gasteiger partial charge in [0.15, 0.2) is 5.11 Å². The van der Waals surface area contributed by atoms with Gasteiger partial charge in [-0.2, -0.15) is 0 Å². The molecule has 19 heavy (non-hydrogen) atoms.